The van der Waals surface area contributed by atoms with E-state index in [4.69, 9.17) is 0 Å². The van der Waals surface area contributed by atoms with E-state index < -0.39 is 0 Å². The van der Waals surface area contributed by atoms with E-state index in [1.165, 1.54) is 11.0 Å². The summed E-state index contributed by atoms with van der Waals surface area (Å²) in [5, 5.41) is 14.0. The number of phenols is 1. The number of hydrazone groups is 1. The normalized spacial score (nSPS) is 13.8. The fraction of sp³-hybridized carbons (Fsp3) is 0.176. The van der Waals surface area contributed by atoms with Crippen LogP contribution in [0.3, 0.4) is 0 Å². The second-order valence-corrected chi connectivity index (χ2v) is 5.29. The Morgan fingerprint density at radius 3 is 2.62 bits per heavy atom. The molecule has 1 aliphatic heterocycles. The molecule has 0 bridgehead atoms. The Bertz CT molecular complexity index is 789. The number of pyridine rings is 1. The van der Waals surface area contributed by atoms with Crippen molar-refractivity contribution >= 4 is 23.2 Å². The van der Waals surface area contributed by atoms with Gasteiger partial charge < -0.3 is 5.11 Å². The van der Waals surface area contributed by atoms with E-state index in [9.17, 15) is 14.7 Å². The molecule has 0 unspecified atom stereocenters. The van der Waals surface area contributed by atoms with Gasteiger partial charge in [0.1, 0.15) is 11.5 Å². The number of rotatable bonds is 4. The minimum atomic E-state index is -0.373. The molecule has 0 atom stereocenters. The number of benzene rings is 1. The lowest BCUT2D eigenvalue weighted by atomic mass is 10.1. The highest BCUT2D eigenvalue weighted by Crippen LogP contribution is 2.28. The maximum atomic E-state index is 12.9. The summed E-state index contributed by atoms with van der Waals surface area (Å²) in [5.41, 5.74) is 3.61. The molecule has 2 amide bonds. The average molecular weight is 324 g/mol. The quantitative estimate of drug-likeness (QED) is 0.893. The van der Waals surface area contributed by atoms with Gasteiger partial charge in [-0.05, 0) is 24.3 Å². The molecule has 1 aromatic carbocycles. The van der Waals surface area contributed by atoms with Crippen LogP contribution in [-0.2, 0) is 16.1 Å². The molecule has 7 heteroatoms. The third kappa shape index (κ3) is 3.40. The Hall–Kier alpha value is -3.22. The lowest BCUT2D eigenvalue weighted by Crippen LogP contribution is -2.40. The summed E-state index contributed by atoms with van der Waals surface area (Å²) in [6, 6.07) is 12.0. The number of para-hydroxylation sites is 2. The molecule has 1 aliphatic rings. The molecule has 2 N–H and O–H groups in total. The summed E-state index contributed by atoms with van der Waals surface area (Å²) in [6.45, 7) is 0.185. The van der Waals surface area contributed by atoms with Crippen LogP contribution in [0.15, 0.2) is 53.8 Å². The first-order valence-corrected chi connectivity index (χ1v) is 7.50. The molecule has 2 heterocycles. The second-order valence-electron chi connectivity index (χ2n) is 5.29. The molecular formula is C17H16N4O3. The monoisotopic (exact) mass is 324 g/mol. The van der Waals surface area contributed by atoms with Gasteiger partial charge in [0.05, 0.1) is 17.9 Å². The third-order valence-corrected chi connectivity index (χ3v) is 3.62. The summed E-state index contributed by atoms with van der Waals surface area (Å²) < 4.78 is 0. The predicted octanol–water partition coefficient (Wildman–Crippen LogP) is 1.59. The first kappa shape index (κ1) is 15.7. The maximum absolute atomic E-state index is 12.9. The van der Waals surface area contributed by atoms with Crippen LogP contribution in [0.4, 0.5) is 5.69 Å². The van der Waals surface area contributed by atoms with Crippen LogP contribution in [0.2, 0.25) is 0 Å². The van der Waals surface area contributed by atoms with Crippen molar-refractivity contribution in [3.63, 3.8) is 0 Å². The third-order valence-electron chi connectivity index (χ3n) is 3.62. The number of carbonyl (C=O) groups is 2. The van der Waals surface area contributed by atoms with Gasteiger partial charge in [-0.2, -0.15) is 5.10 Å². The molecule has 2 aromatic rings. The van der Waals surface area contributed by atoms with Crippen LogP contribution in [0.1, 0.15) is 18.5 Å². The van der Waals surface area contributed by atoms with E-state index in [1.54, 1.807) is 36.5 Å². The Labute approximate surface area is 138 Å². The van der Waals surface area contributed by atoms with Crippen molar-refractivity contribution in [2.24, 2.45) is 5.10 Å². The van der Waals surface area contributed by atoms with Crippen LogP contribution >= 0.6 is 0 Å². The summed E-state index contributed by atoms with van der Waals surface area (Å²) in [7, 11) is 0. The number of hydrogen-bond donors (Lipinski definition) is 2. The SMILES string of the molecule is O=C1CCC(C(=O)N(Cc2ccccn2)c2ccccc2O)=NN1. The van der Waals surface area contributed by atoms with Gasteiger partial charge in [0.15, 0.2) is 0 Å². The molecular weight excluding hydrogens is 308 g/mol. The highest BCUT2D eigenvalue weighted by molar-refractivity contribution is 6.44. The largest absolute Gasteiger partial charge is 0.506 e. The summed E-state index contributed by atoms with van der Waals surface area (Å²) in [4.78, 5) is 29.7. The molecule has 0 saturated heterocycles. The topological polar surface area (TPSA) is 94.9 Å². The number of aromatic nitrogens is 1. The van der Waals surface area contributed by atoms with Crippen molar-refractivity contribution in [2.45, 2.75) is 19.4 Å². The zero-order valence-corrected chi connectivity index (χ0v) is 12.8. The Kier molecular flexibility index (Phi) is 4.51. The van der Waals surface area contributed by atoms with Crippen molar-refractivity contribution in [1.29, 1.82) is 0 Å². The fourth-order valence-electron chi connectivity index (χ4n) is 2.40. The predicted molar refractivity (Wildman–Crippen MR) is 88.3 cm³/mol. The van der Waals surface area contributed by atoms with Crippen LogP contribution in [-0.4, -0.2) is 27.6 Å². The van der Waals surface area contributed by atoms with E-state index in [-0.39, 0.29) is 42.7 Å². The smallest absolute Gasteiger partial charge is 0.274 e. The minimum Gasteiger partial charge on any atom is -0.506 e. The van der Waals surface area contributed by atoms with Gasteiger partial charge in [-0.3, -0.25) is 19.5 Å². The highest BCUT2D eigenvalue weighted by atomic mass is 16.3. The van der Waals surface area contributed by atoms with Gasteiger partial charge in [0.2, 0.25) is 5.91 Å². The molecule has 122 valence electrons. The Balaban J connectivity index is 1.94. The molecule has 24 heavy (non-hydrogen) atoms. The van der Waals surface area contributed by atoms with Crippen LogP contribution in [0, 0.1) is 0 Å². The van der Waals surface area contributed by atoms with Crippen molar-refractivity contribution in [2.75, 3.05) is 4.90 Å². The lowest BCUT2D eigenvalue weighted by molar-refractivity contribution is -0.121. The van der Waals surface area contributed by atoms with Crippen LogP contribution in [0.5, 0.6) is 5.75 Å². The van der Waals surface area contributed by atoms with E-state index in [1.807, 2.05) is 6.07 Å². The van der Waals surface area contributed by atoms with E-state index >= 15 is 0 Å². The Morgan fingerprint density at radius 1 is 1.17 bits per heavy atom. The fourth-order valence-corrected chi connectivity index (χ4v) is 2.40. The number of anilines is 1. The number of nitrogens with one attached hydrogen (secondary N) is 1. The molecule has 0 spiro atoms. The number of phenolic OH excluding ortho intramolecular Hbond substituents is 1. The van der Waals surface area contributed by atoms with Gasteiger partial charge in [-0.1, -0.05) is 18.2 Å². The summed E-state index contributed by atoms with van der Waals surface area (Å²) in [5.74, 6) is -0.602. The molecule has 0 radical (unpaired) electrons. The average Bonchev–Trinajstić information content (AvgIpc) is 2.61. The number of nitrogens with zero attached hydrogens (tertiary/aromatic N) is 3. The molecule has 0 aliphatic carbocycles. The zero-order chi connectivity index (χ0) is 16.9. The molecule has 1 aromatic heterocycles. The number of amides is 2. The number of hydrogen-bond acceptors (Lipinski definition) is 5. The van der Waals surface area contributed by atoms with Crippen LogP contribution in [0.25, 0.3) is 0 Å². The number of carbonyl (C=O) groups excluding carboxylic acids is 2. The van der Waals surface area contributed by atoms with Gasteiger partial charge in [0, 0.05) is 19.0 Å². The molecule has 0 saturated carbocycles. The van der Waals surface area contributed by atoms with Crippen molar-refractivity contribution < 1.29 is 14.7 Å². The first-order chi connectivity index (χ1) is 11.6. The lowest BCUT2D eigenvalue weighted by Gasteiger charge is -2.24. The molecule has 7 nitrogen and oxygen atoms in total. The zero-order valence-electron chi connectivity index (χ0n) is 12.8. The summed E-state index contributed by atoms with van der Waals surface area (Å²) in [6.07, 6.45) is 2.11. The number of aromatic hydroxyl groups is 1. The second kappa shape index (κ2) is 6.91. The first-order valence-electron chi connectivity index (χ1n) is 7.50. The van der Waals surface area contributed by atoms with Crippen LogP contribution < -0.4 is 10.3 Å². The van der Waals surface area contributed by atoms with Gasteiger partial charge in [-0.15, -0.1) is 0 Å². The van der Waals surface area contributed by atoms with Crippen molar-refractivity contribution in [3.8, 4) is 5.75 Å². The van der Waals surface area contributed by atoms with Crippen molar-refractivity contribution in [1.82, 2.24) is 10.4 Å². The maximum Gasteiger partial charge on any atom is 0.274 e. The standard InChI is InChI=1S/C17H16N4O3/c22-15-7-2-1-6-14(15)21(11-12-5-3-4-10-18-12)17(24)13-8-9-16(23)20-19-13/h1-7,10,22H,8-9,11H2,(H,20,23). The van der Waals surface area contributed by atoms with E-state index in [2.05, 4.69) is 15.5 Å². The summed E-state index contributed by atoms with van der Waals surface area (Å²) >= 11 is 0. The Morgan fingerprint density at radius 2 is 1.96 bits per heavy atom. The minimum absolute atomic E-state index is 0.0118. The van der Waals surface area contributed by atoms with E-state index in [0.717, 1.165) is 0 Å². The van der Waals surface area contributed by atoms with E-state index in [0.29, 0.717) is 11.4 Å². The van der Waals surface area contributed by atoms with Gasteiger partial charge >= 0.3 is 0 Å². The molecule has 0 fully saturated rings. The molecule has 3 rings (SSSR count). The van der Waals surface area contributed by atoms with Crippen molar-refractivity contribution in [3.05, 3.63) is 54.4 Å². The van der Waals surface area contributed by atoms with Gasteiger partial charge in [-0.25, -0.2) is 5.43 Å². The van der Waals surface area contributed by atoms with Gasteiger partial charge in [0.25, 0.3) is 5.91 Å². The highest BCUT2D eigenvalue weighted by Gasteiger charge is 2.26.